The summed E-state index contributed by atoms with van der Waals surface area (Å²) in [5.74, 6) is -0.571. The van der Waals surface area contributed by atoms with E-state index in [2.05, 4.69) is 4.98 Å². The molecule has 18 heavy (non-hydrogen) atoms. The van der Waals surface area contributed by atoms with Crippen LogP contribution in [0.3, 0.4) is 0 Å². The SMILES string of the molecule is CCOC(=O)Cc1ncc(C)c(CN)c1C(F)F. The largest absolute Gasteiger partial charge is 0.466 e. The lowest BCUT2D eigenvalue weighted by Crippen LogP contribution is -2.15. The van der Waals surface area contributed by atoms with Gasteiger partial charge in [-0.1, -0.05) is 0 Å². The third-order valence-electron chi connectivity index (χ3n) is 2.57. The molecule has 1 rings (SSSR count). The molecule has 0 aliphatic heterocycles. The Kier molecular flexibility index (Phi) is 5.15. The van der Waals surface area contributed by atoms with E-state index in [9.17, 15) is 13.6 Å². The van der Waals surface area contributed by atoms with E-state index in [1.54, 1.807) is 13.8 Å². The van der Waals surface area contributed by atoms with Gasteiger partial charge in [-0.2, -0.15) is 0 Å². The van der Waals surface area contributed by atoms with Crippen molar-refractivity contribution in [3.05, 3.63) is 28.6 Å². The average molecular weight is 258 g/mol. The molecule has 1 aromatic heterocycles. The Morgan fingerprint density at radius 2 is 2.22 bits per heavy atom. The van der Waals surface area contributed by atoms with E-state index in [4.69, 9.17) is 10.5 Å². The lowest BCUT2D eigenvalue weighted by Gasteiger charge is -2.14. The molecule has 0 aliphatic rings. The second kappa shape index (κ2) is 6.39. The summed E-state index contributed by atoms with van der Waals surface area (Å²) in [4.78, 5) is 15.2. The molecule has 0 amide bonds. The van der Waals surface area contributed by atoms with Crippen LogP contribution in [0, 0.1) is 6.92 Å². The van der Waals surface area contributed by atoms with E-state index >= 15 is 0 Å². The number of hydrogen-bond acceptors (Lipinski definition) is 4. The molecule has 0 saturated carbocycles. The molecule has 0 radical (unpaired) electrons. The molecule has 0 aliphatic carbocycles. The molecule has 0 bridgehead atoms. The number of hydrogen-bond donors (Lipinski definition) is 1. The van der Waals surface area contributed by atoms with E-state index in [1.165, 1.54) is 6.20 Å². The Labute approximate surface area is 104 Å². The second-order valence-corrected chi connectivity index (χ2v) is 3.77. The first-order chi connectivity index (χ1) is 8.51. The number of nitrogens with zero attached hydrogens (tertiary/aromatic N) is 1. The van der Waals surface area contributed by atoms with Gasteiger partial charge in [0.2, 0.25) is 0 Å². The van der Waals surface area contributed by atoms with Crippen LogP contribution in [0.4, 0.5) is 8.78 Å². The number of halogens is 2. The Balaban J connectivity index is 3.15. The summed E-state index contributed by atoms with van der Waals surface area (Å²) in [5.41, 5.74) is 6.21. The predicted molar refractivity (Wildman–Crippen MR) is 62.2 cm³/mol. The van der Waals surface area contributed by atoms with Gasteiger partial charge in [0.25, 0.3) is 6.43 Å². The van der Waals surface area contributed by atoms with Crippen LogP contribution in [0.5, 0.6) is 0 Å². The molecule has 4 nitrogen and oxygen atoms in total. The zero-order chi connectivity index (χ0) is 13.7. The molecular weight excluding hydrogens is 242 g/mol. The van der Waals surface area contributed by atoms with Crippen LogP contribution in [0.15, 0.2) is 6.20 Å². The molecule has 0 atom stereocenters. The molecule has 0 unspecified atom stereocenters. The molecule has 2 N–H and O–H groups in total. The Bertz CT molecular complexity index is 436. The summed E-state index contributed by atoms with van der Waals surface area (Å²) in [6.45, 7) is 3.51. The number of rotatable bonds is 5. The maximum atomic E-state index is 13.0. The van der Waals surface area contributed by atoms with Gasteiger partial charge in [0, 0.05) is 18.3 Å². The molecule has 6 heteroatoms. The maximum Gasteiger partial charge on any atom is 0.311 e. The number of carbonyl (C=O) groups excluding carboxylic acids is 1. The van der Waals surface area contributed by atoms with Gasteiger partial charge >= 0.3 is 5.97 Å². The van der Waals surface area contributed by atoms with Gasteiger partial charge in [-0.25, -0.2) is 8.78 Å². The molecule has 0 fully saturated rings. The van der Waals surface area contributed by atoms with Crippen LogP contribution in [0.2, 0.25) is 0 Å². The first-order valence-corrected chi connectivity index (χ1v) is 5.62. The monoisotopic (exact) mass is 258 g/mol. The van der Waals surface area contributed by atoms with Gasteiger partial charge in [0.05, 0.1) is 18.7 Å². The summed E-state index contributed by atoms with van der Waals surface area (Å²) in [6.07, 6.45) is -1.52. The minimum atomic E-state index is -2.71. The van der Waals surface area contributed by atoms with E-state index in [1.807, 2.05) is 0 Å². The fraction of sp³-hybridized carbons (Fsp3) is 0.500. The number of carbonyl (C=O) groups is 1. The first-order valence-electron chi connectivity index (χ1n) is 5.62. The minimum Gasteiger partial charge on any atom is -0.466 e. The average Bonchev–Trinajstić information content (AvgIpc) is 2.30. The van der Waals surface area contributed by atoms with Gasteiger partial charge in [0.1, 0.15) is 0 Å². The van der Waals surface area contributed by atoms with Crippen molar-refractivity contribution in [3.8, 4) is 0 Å². The summed E-state index contributed by atoms with van der Waals surface area (Å²) in [5, 5.41) is 0. The van der Waals surface area contributed by atoms with Crippen LogP contribution in [-0.2, 0) is 22.5 Å². The van der Waals surface area contributed by atoms with Crippen molar-refractivity contribution in [1.82, 2.24) is 4.98 Å². The topological polar surface area (TPSA) is 65.2 Å². The molecule has 1 aromatic rings. The standard InChI is InChI=1S/C12H16F2N2O2/c1-3-18-10(17)4-9-11(12(13)14)8(5-15)7(2)6-16-9/h6,12H,3-5,15H2,1-2H3. The minimum absolute atomic E-state index is 0.0101. The quantitative estimate of drug-likeness (QED) is 0.819. The summed E-state index contributed by atoms with van der Waals surface area (Å²) in [6, 6.07) is 0. The van der Waals surface area contributed by atoms with Crippen molar-refractivity contribution >= 4 is 5.97 Å². The van der Waals surface area contributed by atoms with Gasteiger partial charge in [-0.05, 0) is 25.0 Å². The summed E-state index contributed by atoms with van der Waals surface area (Å²) >= 11 is 0. The molecule has 0 aromatic carbocycles. The van der Waals surface area contributed by atoms with Crippen LogP contribution in [0.25, 0.3) is 0 Å². The number of aromatic nitrogens is 1. The number of pyridine rings is 1. The number of ether oxygens (including phenoxy) is 1. The Hall–Kier alpha value is -1.56. The molecule has 100 valence electrons. The van der Waals surface area contributed by atoms with Crippen LogP contribution >= 0.6 is 0 Å². The summed E-state index contributed by atoms with van der Waals surface area (Å²) < 4.78 is 30.8. The lowest BCUT2D eigenvalue weighted by molar-refractivity contribution is -0.142. The van der Waals surface area contributed by atoms with Crippen molar-refractivity contribution < 1.29 is 18.3 Å². The highest BCUT2D eigenvalue weighted by Crippen LogP contribution is 2.28. The molecule has 0 saturated heterocycles. The van der Waals surface area contributed by atoms with Crippen molar-refractivity contribution in [2.75, 3.05) is 6.61 Å². The van der Waals surface area contributed by atoms with E-state index in [0.29, 0.717) is 11.1 Å². The Morgan fingerprint density at radius 3 is 2.72 bits per heavy atom. The number of aryl methyl sites for hydroxylation is 1. The smallest absolute Gasteiger partial charge is 0.311 e. The van der Waals surface area contributed by atoms with Gasteiger partial charge in [0.15, 0.2) is 0 Å². The number of nitrogens with two attached hydrogens (primary N) is 1. The van der Waals surface area contributed by atoms with E-state index in [-0.39, 0.29) is 30.8 Å². The van der Waals surface area contributed by atoms with Crippen LogP contribution < -0.4 is 5.73 Å². The number of esters is 1. The van der Waals surface area contributed by atoms with E-state index in [0.717, 1.165) is 0 Å². The zero-order valence-corrected chi connectivity index (χ0v) is 10.4. The first kappa shape index (κ1) is 14.5. The van der Waals surface area contributed by atoms with Crippen molar-refractivity contribution in [1.29, 1.82) is 0 Å². The molecular formula is C12H16F2N2O2. The second-order valence-electron chi connectivity index (χ2n) is 3.77. The lowest BCUT2D eigenvalue weighted by atomic mass is 10.0. The summed E-state index contributed by atoms with van der Waals surface area (Å²) in [7, 11) is 0. The normalized spacial score (nSPS) is 10.8. The highest BCUT2D eigenvalue weighted by Gasteiger charge is 2.22. The fourth-order valence-electron chi connectivity index (χ4n) is 1.73. The van der Waals surface area contributed by atoms with Crippen LogP contribution in [-0.4, -0.2) is 17.6 Å². The highest BCUT2D eigenvalue weighted by molar-refractivity contribution is 5.72. The van der Waals surface area contributed by atoms with Crippen molar-refractivity contribution in [2.24, 2.45) is 5.73 Å². The van der Waals surface area contributed by atoms with Crippen molar-refractivity contribution in [2.45, 2.75) is 33.2 Å². The molecule has 1 heterocycles. The van der Waals surface area contributed by atoms with Crippen LogP contribution in [0.1, 0.15) is 35.7 Å². The third-order valence-corrected chi connectivity index (χ3v) is 2.57. The molecule has 0 spiro atoms. The fourth-order valence-corrected chi connectivity index (χ4v) is 1.73. The van der Waals surface area contributed by atoms with E-state index < -0.39 is 12.4 Å². The van der Waals surface area contributed by atoms with Gasteiger partial charge in [-0.3, -0.25) is 9.78 Å². The zero-order valence-electron chi connectivity index (χ0n) is 10.4. The van der Waals surface area contributed by atoms with Gasteiger partial charge in [-0.15, -0.1) is 0 Å². The maximum absolute atomic E-state index is 13.0. The predicted octanol–water partition coefficient (Wildman–Crippen LogP) is 1.89. The van der Waals surface area contributed by atoms with Gasteiger partial charge < -0.3 is 10.5 Å². The third kappa shape index (κ3) is 3.22. The Morgan fingerprint density at radius 1 is 1.56 bits per heavy atom. The van der Waals surface area contributed by atoms with Crippen molar-refractivity contribution in [3.63, 3.8) is 0 Å². The number of alkyl halides is 2. The highest BCUT2D eigenvalue weighted by atomic mass is 19.3.